The average molecular weight is 271 g/mol. The van der Waals surface area contributed by atoms with Gasteiger partial charge < -0.3 is 10.5 Å². The third-order valence-electron chi connectivity index (χ3n) is 3.61. The van der Waals surface area contributed by atoms with Crippen LogP contribution in [0.25, 0.3) is 0 Å². The summed E-state index contributed by atoms with van der Waals surface area (Å²) in [5.41, 5.74) is 6.00. The van der Waals surface area contributed by atoms with Crippen molar-refractivity contribution in [2.24, 2.45) is 5.73 Å². The SMILES string of the molecule is CCCCCCCCCCCCC(N)COCCC. The van der Waals surface area contributed by atoms with E-state index in [1.807, 2.05) is 0 Å². The summed E-state index contributed by atoms with van der Waals surface area (Å²) >= 11 is 0. The Labute approximate surface area is 121 Å². The van der Waals surface area contributed by atoms with E-state index in [0.717, 1.165) is 26.1 Å². The third-order valence-corrected chi connectivity index (χ3v) is 3.61. The van der Waals surface area contributed by atoms with Gasteiger partial charge >= 0.3 is 0 Å². The molecule has 0 spiro atoms. The quantitative estimate of drug-likeness (QED) is 0.423. The zero-order chi connectivity index (χ0) is 14.2. The van der Waals surface area contributed by atoms with Gasteiger partial charge in [-0.15, -0.1) is 0 Å². The molecule has 19 heavy (non-hydrogen) atoms. The van der Waals surface area contributed by atoms with E-state index in [1.54, 1.807) is 0 Å². The topological polar surface area (TPSA) is 35.2 Å². The zero-order valence-corrected chi connectivity index (χ0v) is 13.5. The molecule has 0 aromatic carbocycles. The monoisotopic (exact) mass is 271 g/mol. The molecule has 0 aliphatic heterocycles. The first kappa shape index (κ1) is 18.9. The molecule has 116 valence electrons. The summed E-state index contributed by atoms with van der Waals surface area (Å²) in [6.07, 6.45) is 16.1. The van der Waals surface area contributed by atoms with E-state index in [2.05, 4.69) is 13.8 Å². The Balaban J connectivity index is 3.05. The molecule has 0 aliphatic carbocycles. The molecule has 0 amide bonds. The summed E-state index contributed by atoms with van der Waals surface area (Å²) in [6, 6.07) is 0.251. The lowest BCUT2D eigenvalue weighted by atomic mass is 10.0. The number of hydrogen-bond donors (Lipinski definition) is 1. The summed E-state index contributed by atoms with van der Waals surface area (Å²) in [7, 11) is 0. The molecule has 0 radical (unpaired) electrons. The molecule has 2 N–H and O–H groups in total. The van der Waals surface area contributed by atoms with Gasteiger partial charge in [-0.2, -0.15) is 0 Å². The minimum Gasteiger partial charge on any atom is -0.380 e. The van der Waals surface area contributed by atoms with Crippen molar-refractivity contribution in [3.8, 4) is 0 Å². The molecule has 2 nitrogen and oxygen atoms in total. The fraction of sp³-hybridized carbons (Fsp3) is 1.00. The Kier molecular flexibility index (Phi) is 15.9. The number of hydrogen-bond acceptors (Lipinski definition) is 2. The van der Waals surface area contributed by atoms with Gasteiger partial charge in [-0.25, -0.2) is 0 Å². The van der Waals surface area contributed by atoms with Crippen molar-refractivity contribution >= 4 is 0 Å². The van der Waals surface area contributed by atoms with Crippen molar-refractivity contribution in [3.05, 3.63) is 0 Å². The van der Waals surface area contributed by atoms with Gasteiger partial charge in [0, 0.05) is 12.6 Å². The Hall–Kier alpha value is -0.0800. The fourth-order valence-electron chi connectivity index (χ4n) is 2.36. The maximum absolute atomic E-state index is 6.00. The van der Waals surface area contributed by atoms with Crippen LogP contribution in [-0.4, -0.2) is 19.3 Å². The molecule has 2 heteroatoms. The summed E-state index contributed by atoms with van der Waals surface area (Å²) in [6.45, 7) is 6.00. The average Bonchev–Trinajstić information content (AvgIpc) is 2.41. The second-order valence-corrected chi connectivity index (χ2v) is 5.81. The molecule has 1 atom stereocenters. The van der Waals surface area contributed by atoms with Crippen molar-refractivity contribution in [2.45, 2.75) is 96.9 Å². The molecule has 0 aromatic heterocycles. The maximum Gasteiger partial charge on any atom is 0.0617 e. The Morgan fingerprint density at radius 1 is 0.737 bits per heavy atom. The van der Waals surface area contributed by atoms with E-state index in [4.69, 9.17) is 10.5 Å². The van der Waals surface area contributed by atoms with E-state index in [9.17, 15) is 0 Å². The number of ether oxygens (including phenoxy) is 1. The predicted octanol–water partition coefficient (Wildman–Crippen LogP) is 5.05. The van der Waals surface area contributed by atoms with Crippen LogP contribution in [0.5, 0.6) is 0 Å². The van der Waals surface area contributed by atoms with Crippen molar-refractivity contribution in [1.82, 2.24) is 0 Å². The molecule has 1 unspecified atom stereocenters. The van der Waals surface area contributed by atoms with Crippen LogP contribution in [-0.2, 0) is 4.74 Å². The Bertz CT molecular complexity index is 161. The van der Waals surface area contributed by atoms with Crippen molar-refractivity contribution in [1.29, 1.82) is 0 Å². The van der Waals surface area contributed by atoms with Gasteiger partial charge in [0.25, 0.3) is 0 Å². The van der Waals surface area contributed by atoms with Gasteiger partial charge in [0.15, 0.2) is 0 Å². The number of nitrogens with two attached hydrogens (primary N) is 1. The third kappa shape index (κ3) is 15.9. The summed E-state index contributed by atoms with van der Waals surface area (Å²) in [4.78, 5) is 0. The lowest BCUT2D eigenvalue weighted by Gasteiger charge is -2.11. The lowest BCUT2D eigenvalue weighted by molar-refractivity contribution is 0.118. The fourth-order valence-corrected chi connectivity index (χ4v) is 2.36. The van der Waals surface area contributed by atoms with Crippen molar-refractivity contribution < 1.29 is 4.74 Å². The normalized spacial score (nSPS) is 12.8. The van der Waals surface area contributed by atoms with Crippen LogP contribution in [0.1, 0.15) is 90.9 Å². The molecule has 0 aliphatic rings. The first-order valence-electron chi connectivity index (χ1n) is 8.64. The van der Waals surface area contributed by atoms with Crippen LogP contribution in [0.15, 0.2) is 0 Å². The molecule has 0 heterocycles. The Morgan fingerprint density at radius 2 is 1.26 bits per heavy atom. The number of rotatable bonds is 15. The van der Waals surface area contributed by atoms with E-state index >= 15 is 0 Å². The molecular weight excluding hydrogens is 234 g/mol. The van der Waals surface area contributed by atoms with E-state index < -0.39 is 0 Å². The van der Waals surface area contributed by atoms with Crippen molar-refractivity contribution in [2.75, 3.05) is 13.2 Å². The summed E-state index contributed by atoms with van der Waals surface area (Å²) in [5, 5.41) is 0. The molecule has 0 fully saturated rings. The summed E-state index contributed by atoms with van der Waals surface area (Å²) in [5.74, 6) is 0. The molecule has 0 aromatic rings. The predicted molar refractivity (Wildman–Crippen MR) is 85.5 cm³/mol. The van der Waals surface area contributed by atoms with Crippen LogP contribution in [0.4, 0.5) is 0 Å². The first-order valence-corrected chi connectivity index (χ1v) is 8.64. The molecule has 0 saturated carbocycles. The van der Waals surface area contributed by atoms with Crippen LogP contribution in [0.2, 0.25) is 0 Å². The smallest absolute Gasteiger partial charge is 0.0617 e. The van der Waals surface area contributed by atoms with Crippen LogP contribution < -0.4 is 5.73 Å². The van der Waals surface area contributed by atoms with Gasteiger partial charge in [-0.05, 0) is 12.8 Å². The van der Waals surface area contributed by atoms with Crippen LogP contribution >= 0.6 is 0 Å². The highest BCUT2D eigenvalue weighted by Gasteiger charge is 2.01. The van der Waals surface area contributed by atoms with Gasteiger partial charge in [0.2, 0.25) is 0 Å². The van der Waals surface area contributed by atoms with Gasteiger partial charge in [0.1, 0.15) is 0 Å². The van der Waals surface area contributed by atoms with Crippen molar-refractivity contribution in [3.63, 3.8) is 0 Å². The van der Waals surface area contributed by atoms with Crippen LogP contribution in [0, 0.1) is 0 Å². The Morgan fingerprint density at radius 3 is 1.79 bits per heavy atom. The second-order valence-electron chi connectivity index (χ2n) is 5.81. The molecule has 0 saturated heterocycles. The molecular formula is C17H37NO. The zero-order valence-electron chi connectivity index (χ0n) is 13.5. The van der Waals surface area contributed by atoms with Gasteiger partial charge in [0.05, 0.1) is 6.61 Å². The van der Waals surface area contributed by atoms with E-state index in [0.29, 0.717) is 0 Å². The maximum atomic E-state index is 6.00. The van der Waals surface area contributed by atoms with E-state index in [1.165, 1.54) is 64.2 Å². The molecule has 0 bridgehead atoms. The minimum atomic E-state index is 0.251. The van der Waals surface area contributed by atoms with E-state index in [-0.39, 0.29) is 6.04 Å². The minimum absolute atomic E-state index is 0.251. The number of unbranched alkanes of at least 4 members (excludes halogenated alkanes) is 9. The highest BCUT2D eigenvalue weighted by atomic mass is 16.5. The van der Waals surface area contributed by atoms with Crippen LogP contribution in [0.3, 0.4) is 0 Å². The molecule has 0 rings (SSSR count). The second kappa shape index (κ2) is 16.0. The van der Waals surface area contributed by atoms with Gasteiger partial charge in [-0.3, -0.25) is 0 Å². The first-order chi connectivity index (χ1) is 9.31. The standard InChI is InChI=1S/C17H37NO/c1-3-5-6-7-8-9-10-11-12-13-14-17(18)16-19-15-4-2/h17H,3-16,18H2,1-2H3. The summed E-state index contributed by atoms with van der Waals surface area (Å²) < 4.78 is 5.46. The largest absolute Gasteiger partial charge is 0.380 e. The highest BCUT2D eigenvalue weighted by molar-refractivity contribution is 4.60. The van der Waals surface area contributed by atoms with Gasteiger partial charge in [-0.1, -0.05) is 78.1 Å². The highest BCUT2D eigenvalue weighted by Crippen LogP contribution is 2.11. The lowest BCUT2D eigenvalue weighted by Crippen LogP contribution is -2.26.